The van der Waals surface area contributed by atoms with E-state index in [-0.39, 0.29) is 5.43 Å². The summed E-state index contributed by atoms with van der Waals surface area (Å²) in [6.45, 7) is 0. The maximum absolute atomic E-state index is 12.2. The molecule has 2 heteroatoms. The monoisotopic (exact) mass is 248 g/mol. The minimum Gasteiger partial charge on any atom is -0.463 e. The Bertz CT molecular complexity index is 783. The summed E-state index contributed by atoms with van der Waals surface area (Å²) in [5, 5.41) is 0.609. The first-order valence-corrected chi connectivity index (χ1v) is 6.08. The van der Waals surface area contributed by atoms with Crippen molar-refractivity contribution in [3.8, 4) is 0 Å². The lowest BCUT2D eigenvalue weighted by Crippen LogP contribution is -2.04. The summed E-state index contributed by atoms with van der Waals surface area (Å²) >= 11 is 0. The van der Waals surface area contributed by atoms with Gasteiger partial charge in [0.05, 0.1) is 10.9 Å². The third-order valence-electron chi connectivity index (χ3n) is 2.96. The van der Waals surface area contributed by atoms with Gasteiger partial charge in [-0.25, -0.2) is 0 Å². The zero-order valence-electron chi connectivity index (χ0n) is 10.2. The van der Waals surface area contributed by atoms with Crippen molar-refractivity contribution in [1.82, 2.24) is 0 Å². The number of para-hydroxylation sites is 1. The van der Waals surface area contributed by atoms with Crippen molar-refractivity contribution in [3.63, 3.8) is 0 Å². The molecule has 2 aromatic carbocycles. The molecule has 0 saturated heterocycles. The van der Waals surface area contributed by atoms with Crippen LogP contribution in [0.5, 0.6) is 0 Å². The Morgan fingerprint density at radius 2 is 1.58 bits per heavy atom. The molecule has 0 fully saturated rings. The molecule has 0 amide bonds. The summed E-state index contributed by atoms with van der Waals surface area (Å²) < 4.78 is 5.46. The van der Waals surface area contributed by atoms with Crippen LogP contribution in [-0.2, 0) is 0 Å². The lowest BCUT2D eigenvalue weighted by molar-refractivity contribution is 0.601. The molecular formula is C17H12O2. The van der Waals surface area contributed by atoms with Gasteiger partial charge < -0.3 is 4.42 Å². The molecule has 0 aliphatic heterocycles. The van der Waals surface area contributed by atoms with Crippen LogP contribution in [0.4, 0.5) is 0 Å². The molecule has 1 aromatic heterocycles. The zero-order chi connectivity index (χ0) is 13.1. The Hall–Kier alpha value is -2.61. The highest BCUT2D eigenvalue weighted by Gasteiger charge is 2.03. The van der Waals surface area contributed by atoms with Gasteiger partial charge in [0.1, 0.15) is 11.8 Å². The third-order valence-corrected chi connectivity index (χ3v) is 2.96. The molecule has 0 aliphatic rings. The average molecular weight is 248 g/mol. The minimum atomic E-state index is -0.00553. The number of fused-ring (bicyclic) bond motifs is 1. The second-order valence-electron chi connectivity index (χ2n) is 4.26. The van der Waals surface area contributed by atoms with Crippen molar-refractivity contribution in [1.29, 1.82) is 0 Å². The molecule has 0 atom stereocenters. The first-order chi connectivity index (χ1) is 9.34. The Morgan fingerprint density at radius 1 is 0.842 bits per heavy atom. The van der Waals surface area contributed by atoms with Gasteiger partial charge in [-0.3, -0.25) is 4.79 Å². The van der Waals surface area contributed by atoms with Gasteiger partial charge in [-0.1, -0.05) is 48.5 Å². The fraction of sp³-hybridized carbons (Fsp3) is 0. The van der Waals surface area contributed by atoms with Crippen molar-refractivity contribution < 1.29 is 4.42 Å². The molecule has 0 N–H and O–H groups in total. The Kier molecular flexibility index (Phi) is 2.99. The normalized spacial score (nSPS) is 11.2. The number of hydrogen-bond donors (Lipinski definition) is 0. The van der Waals surface area contributed by atoms with Crippen LogP contribution in [0.1, 0.15) is 11.1 Å². The maximum atomic E-state index is 12.2. The van der Waals surface area contributed by atoms with E-state index < -0.39 is 0 Å². The fourth-order valence-corrected chi connectivity index (χ4v) is 1.96. The van der Waals surface area contributed by atoms with E-state index in [2.05, 4.69) is 0 Å². The Labute approximate surface area is 110 Å². The molecule has 2 nitrogen and oxygen atoms in total. The van der Waals surface area contributed by atoms with Gasteiger partial charge in [0.25, 0.3) is 0 Å². The van der Waals surface area contributed by atoms with E-state index in [0.717, 1.165) is 5.56 Å². The van der Waals surface area contributed by atoms with Crippen LogP contribution < -0.4 is 5.43 Å². The standard InChI is InChI=1S/C17H12O2/c18-17-14(11-10-13-6-2-1-3-7-13)12-19-16-9-5-4-8-15(16)17/h1-12H/b11-10-. The van der Waals surface area contributed by atoms with Gasteiger partial charge in [-0.05, 0) is 23.8 Å². The van der Waals surface area contributed by atoms with Crippen molar-refractivity contribution in [2.45, 2.75) is 0 Å². The quantitative estimate of drug-likeness (QED) is 0.687. The van der Waals surface area contributed by atoms with E-state index in [4.69, 9.17) is 4.42 Å². The second-order valence-corrected chi connectivity index (χ2v) is 4.26. The van der Waals surface area contributed by atoms with Gasteiger partial charge in [0.2, 0.25) is 0 Å². The molecule has 0 aliphatic carbocycles. The van der Waals surface area contributed by atoms with E-state index in [0.29, 0.717) is 16.5 Å². The molecule has 0 bridgehead atoms. The third kappa shape index (κ3) is 2.33. The summed E-state index contributed by atoms with van der Waals surface area (Å²) in [5.74, 6) is 0. The van der Waals surface area contributed by atoms with Crippen LogP contribution in [0.3, 0.4) is 0 Å². The van der Waals surface area contributed by atoms with Crippen molar-refractivity contribution in [2.24, 2.45) is 0 Å². The van der Waals surface area contributed by atoms with E-state index in [1.807, 2.05) is 48.5 Å². The Morgan fingerprint density at radius 3 is 2.42 bits per heavy atom. The fourth-order valence-electron chi connectivity index (χ4n) is 1.96. The van der Waals surface area contributed by atoms with Crippen molar-refractivity contribution in [2.75, 3.05) is 0 Å². The van der Waals surface area contributed by atoms with Crippen LogP contribution in [0.15, 0.2) is 70.1 Å². The number of hydrogen-bond acceptors (Lipinski definition) is 2. The van der Waals surface area contributed by atoms with E-state index in [1.54, 1.807) is 18.2 Å². The predicted octanol–water partition coefficient (Wildman–Crippen LogP) is 3.96. The van der Waals surface area contributed by atoms with E-state index in [1.165, 1.54) is 6.26 Å². The van der Waals surface area contributed by atoms with Crippen LogP contribution in [0.25, 0.3) is 23.1 Å². The molecule has 0 unspecified atom stereocenters. The topological polar surface area (TPSA) is 30.2 Å². The van der Waals surface area contributed by atoms with Gasteiger partial charge in [0.15, 0.2) is 5.43 Å². The van der Waals surface area contributed by atoms with Crippen LogP contribution in [-0.4, -0.2) is 0 Å². The lowest BCUT2D eigenvalue weighted by Gasteiger charge is -1.97. The Balaban J connectivity index is 2.05. The molecule has 3 aromatic rings. The number of benzene rings is 2. The van der Waals surface area contributed by atoms with Gasteiger partial charge >= 0.3 is 0 Å². The molecule has 19 heavy (non-hydrogen) atoms. The minimum absolute atomic E-state index is 0.00553. The van der Waals surface area contributed by atoms with Crippen molar-refractivity contribution >= 4 is 23.1 Å². The predicted molar refractivity (Wildman–Crippen MR) is 77.9 cm³/mol. The van der Waals surface area contributed by atoms with Gasteiger partial charge in [-0.15, -0.1) is 0 Å². The molecule has 92 valence electrons. The summed E-state index contributed by atoms with van der Waals surface area (Å²) in [4.78, 5) is 12.2. The molecule has 3 rings (SSSR count). The van der Waals surface area contributed by atoms with Gasteiger partial charge in [-0.2, -0.15) is 0 Å². The zero-order valence-corrected chi connectivity index (χ0v) is 10.2. The van der Waals surface area contributed by atoms with E-state index in [9.17, 15) is 4.79 Å². The molecule has 0 saturated carbocycles. The van der Waals surface area contributed by atoms with E-state index >= 15 is 0 Å². The molecule has 1 heterocycles. The molecule has 0 radical (unpaired) electrons. The summed E-state index contributed by atoms with van der Waals surface area (Å²) in [6.07, 6.45) is 5.19. The van der Waals surface area contributed by atoms with Crippen LogP contribution in [0.2, 0.25) is 0 Å². The summed E-state index contributed by atoms with van der Waals surface area (Å²) in [7, 11) is 0. The average Bonchev–Trinajstić information content (AvgIpc) is 2.48. The molecular weight excluding hydrogens is 236 g/mol. The first kappa shape index (κ1) is 11.5. The first-order valence-electron chi connectivity index (χ1n) is 6.08. The smallest absolute Gasteiger partial charge is 0.199 e. The lowest BCUT2D eigenvalue weighted by atomic mass is 10.1. The number of rotatable bonds is 2. The summed E-state index contributed by atoms with van der Waals surface area (Å²) in [5.41, 5.74) is 2.22. The molecule has 0 spiro atoms. The second kappa shape index (κ2) is 4.94. The highest BCUT2D eigenvalue weighted by molar-refractivity contribution is 5.80. The largest absolute Gasteiger partial charge is 0.463 e. The van der Waals surface area contributed by atoms with Gasteiger partial charge in [0, 0.05) is 0 Å². The highest BCUT2D eigenvalue weighted by atomic mass is 16.3. The SMILES string of the molecule is O=c1c(/C=C\c2ccccc2)coc2ccccc12. The maximum Gasteiger partial charge on any atom is 0.199 e. The highest BCUT2D eigenvalue weighted by Crippen LogP contribution is 2.12. The summed E-state index contributed by atoms with van der Waals surface area (Å²) in [6, 6.07) is 17.1. The van der Waals surface area contributed by atoms with Crippen molar-refractivity contribution in [3.05, 3.63) is 82.2 Å². The van der Waals surface area contributed by atoms with Crippen LogP contribution >= 0.6 is 0 Å². The van der Waals surface area contributed by atoms with Crippen LogP contribution in [0, 0.1) is 0 Å².